The first-order chi connectivity index (χ1) is 23.7. The highest BCUT2D eigenvalue weighted by Crippen LogP contribution is 2.47. The molecule has 0 aromatic heterocycles. The van der Waals surface area contributed by atoms with Crippen LogP contribution in [0.2, 0.25) is 22.2 Å². The molecule has 0 bridgehead atoms. The van der Waals surface area contributed by atoms with E-state index < -0.39 is 47.7 Å². The maximum Gasteiger partial charge on any atom is 0.407 e. The van der Waals surface area contributed by atoms with Crippen LogP contribution in [0.3, 0.4) is 0 Å². The summed E-state index contributed by atoms with van der Waals surface area (Å²) in [6.45, 7) is 18.9. The summed E-state index contributed by atoms with van der Waals surface area (Å²) >= 11 is 0. The van der Waals surface area contributed by atoms with E-state index >= 15 is 0 Å². The van der Waals surface area contributed by atoms with Gasteiger partial charge in [-0.05, 0) is 81.9 Å². The molecule has 0 saturated heterocycles. The summed E-state index contributed by atoms with van der Waals surface area (Å²) in [4.78, 5) is 40.0. The summed E-state index contributed by atoms with van der Waals surface area (Å²) in [6, 6.07) is 15.4. The second kappa shape index (κ2) is 16.4. The molecular weight excluding hydrogens is 663 g/mol. The maximum atomic E-state index is 14.2. The molecule has 2 aromatic carbocycles. The fourth-order valence-electron chi connectivity index (χ4n) is 7.67. The minimum absolute atomic E-state index is 0.0909. The molecule has 8 nitrogen and oxygen atoms in total. The fourth-order valence-corrected chi connectivity index (χ4v) is 12.7. The highest BCUT2D eigenvalue weighted by molar-refractivity contribution is 6.68. The van der Waals surface area contributed by atoms with Gasteiger partial charge in [0.25, 0.3) is 0 Å². The van der Waals surface area contributed by atoms with Crippen molar-refractivity contribution in [2.45, 2.75) is 134 Å². The van der Waals surface area contributed by atoms with Gasteiger partial charge in [-0.1, -0.05) is 111 Å². The van der Waals surface area contributed by atoms with Gasteiger partial charge in [0.1, 0.15) is 18.8 Å². The first-order valence-corrected chi connectivity index (χ1v) is 22.5. The second-order valence-corrected chi connectivity index (χ2v) is 23.6. The summed E-state index contributed by atoms with van der Waals surface area (Å²) in [5.41, 5.74) is 5.07. The molecule has 1 amide bonds. The number of rotatable bonds is 18. The zero-order chi connectivity index (χ0) is 36.3. The Labute approximate surface area is 303 Å². The van der Waals surface area contributed by atoms with Crippen LogP contribution in [-0.2, 0) is 23.1 Å². The molecule has 0 spiro atoms. The summed E-state index contributed by atoms with van der Waals surface area (Å²) in [7, 11) is -4.52. The molecule has 275 valence electrons. The lowest BCUT2D eigenvalue weighted by atomic mass is 9.96. The van der Waals surface area contributed by atoms with Crippen LogP contribution < -0.4 is 5.32 Å². The lowest BCUT2D eigenvalue weighted by molar-refractivity contribution is -0.156. The molecule has 3 atom stereocenters. The minimum atomic E-state index is -3.29. The highest BCUT2D eigenvalue weighted by atomic mass is 28.4. The van der Waals surface area contributed by atoms with Gasteiger partial charge in [0.05, 0.1) is 12.7 Å². The van der Waals surface area contributed by atoms with Crippen molar-refractivity contribution >= 4 is 29.7 Å². The van der Waals surface area contributed by atoms with E-state index in [4.69, 9.17) is 18.3 Å². The number of benzene rings is 2. The van der Waals surface area contributed by atoms with Crippen LogP contribution >= 0.6 is 0 Å². The number of nitrogens with one attached hydrogen (secondary N) is 1. The first kappa shape index (κ1) is 38.7. The lowest BCUT2D eigenvalue weighted by Crippen LogP contribution is -2.56. The van der Waals surface area contributed by atoms with E-state index in [0.717, 1.165) is 47.9 Å². The van der Waals surface area contributed by atoms with E-state index in [2.05, 4.69) is 57.3 Å². The van der Waals surface area contributed by atoms with E-state index in [9.17, 15) is 14.4 Å². The predicted octanol–water partition coefficient (Wildman–Crippen LogP) is 8.73. The monoisotopic (exact) mass is 722 g/mol. The van der Waals surface area contributed by atoms with Crippen LogP contribution in [0.4, 0.5) is 4.79 Å². The van der Waals surface area contributed by atoms with Crippen molar-refractivity contribution in [1.82, 2.24) is 5.32 Å². The number of fused-ring (bicyclic) bond motifs is 3. The summed E-state index contributed by atoms with van der Waals surface area (Å²) in [5, 5.41) is 2.94. The predicted molar refractivity (Wildman–Crippen MR) is 201 cm³/mol. The summed E-state index contributed by atoms with van der Waals surface area (Å²) in [6.07, 6.45) is 2.78. The van der Waals surface area contributed by atoms with E-state index in [1.807, 2.05) is 58.9 Å². The largest absolute Gasteiger partial charge is 0.460 e. The van der Waals surface area contributed by atoms with E-state index in [-0.39, 0.29) is 36.3 Å². The van der Waals surface area contributed by atoms with Crippen LogP contribution in [0.15, 0.2) is 48.5 Å². The molecule has 1 radical (unpaired) electrons. The molecule has 0 unspecified atom stereocenters. The molecule has 2 saturated carbocycles. The number of esters is 1. The van der Waals surface area contributed by atoms with Crippen molar-refractivity contribution in [3.8, 4) is 11.1 Å². The Bertz CT molecular complexity index is 1380. The zero-order valence-electron chi connectivity index (χ0n) is 31.6. The van der Waals surface area contributed by atoms with Crippen LogP contribution in [0.1, 0.15) is 105 Å². The molecule has 2 fully saturated rings. The summed E-state index contributed by atoms with van der Waals surface area (Å²) in [5.74, 6) is -0.384. The highest BCUT2D eigenvalue weighted by Gasteiger charge is 2.49. The standard InChI is InChI=1S/C40H60NO7Si2/c1-24(2)49(25(3)4)46-23-36(48-50(44,26(5)6)27(7)8)28(9)37(39(42)47-38(29-18-19-29)30-20-21-30)41-40(43)45-22-35-33-16-12-10-14-31(33)32-15-11-13-17-34(32)35/h10-17,24-30,35-38,44H,18-23H2,1-9H3,(H,41,43)/t28-,36-,37-/m0/s1. The van der Waals surface area contributed by atoms with Gasteiger partial charge >= 0.3 is 20.6 Å². The van der Waals surface area contributed by atoms with Crippen molar-refractivity contribution in [3.05, 3.63) is 59.7 Å². The topological polar surface area (TPSA) is 103 Å². The third-order valence-electron chi connectivity index (χ3n) is 11.0. The number of hydrogen-bond donors (Lipinski definition) is 2. The Balaban J connectivity index is 1.39. The van der Waals surface area contributed by atoms with Gasteiger partial charge in [0, 0.05) is 11.8 Å². The average molecular weight is 723 g/mol. The maximum absolute atomic E-state index is 14.2. The number of amides is 1. The average Bonchev–Trinajstić information content (AvgIpc) is 4.01. The Hall–Kier alpha value is -2.51. The number of hydrogen-bond acceptors (Lipinski definition) is 7. The van der Waals surface area contributed by atoms with Crippen LogP contribution in [0.5, 0.6) is 0 Å². The van der Waals surface area contributed by atoms with Crippen LogP contribution in [0.25, 0.3) is 11.1 Å². The molecule has 50 heavy (non-hydrogen) atoms. The van der Waals surface area contributed by atoms with Crippen LogP contribution in [0, 0.1) is 17.8 Å². The van der Waals surface area contributed by atoms with Crippen molar-refractivity contribution in [3.63, 3.8) is 0 Å². The van der Waals surface area contributed by atoms with Gasteiger partial charge in [-0.25, -0.2) is 9.59 Å². The molecule has 2 N–H and O–H groups in total. The number of carbonyl (C=O) groups excluding carboxylic acids is 2. The lowest BCUT2D eigenvalue weighted by Gasteiger charge is -2.40. The van der Waals surface area contributed by atoms with E-state index in [0.29, 0.717) is 22.9 Å². The molecule has 3 aliphatic carbocycles. The normalized spacial score (nSPS) is 18.2. The van der Waals surface area contributed by atoms with E-state index in [1.165, 1.54) is 0 Å². The summed E-state index contributed by atoms with van der Waals surface area (Å²) < 4.78 is 25.6. The Morgan fingerprint density at radius 3 is 1.78 bits per heavy atom. The zero-order valence-corrected chi connectivity index (χ0v) is 33.6. The quantitative estimate of drug-likeness (QED) is 0.117. The van der Waals surface area contributed by atoms with E-state index in [1.54, 1.807) is 0 Å². The third-order valence-corrected chi connectivity index (χ3v) is 17.7. The first-order valence-electron chi connectivity index (χ1n) is 18.9. The fraction of sp³-hybridized carbons (Fsp3) is 0.650. The second-order valence-electron chi connectivity index (χ2n) is 16.1. The van der Waals surface area contributed by atoms with Gasteiger partial charge in [-0.2, -0.15) is 0 Å². The minimum Gasteiger partial charge on any atom is -0.460 e. The molecule has 10 heteroatoms. The molecular formula is C40H60NO7Si2. The van der Waals surface area contributed by atoms with Gasteiger partial charge in [-0.3, -0.25) is 0 Å². The molecule has 5 rings (SSSR count). The molecule has 3 aliphatic rings. The van der Waals surface area contributed by atoms with Crippen molar-refractivity contribution < 1.29 is 32.7 Å². The Morgan fingerprint density at radius 2 is 1.32 bits per heavy atom. The van der Waals surface area contributed by atoms with Gasteiger partial charge in [-0.15, -0.1) is 0 Å². The molecule has 0 heterocycles. The SMILES string of the molecule is CC(C)[Si](OC[C@H](O[Si](O)(C(C)C)C(C)C)[C@H](C)[C@H](NC(=O)OCC1c2ccccc2-c2ccccc21)C(=O)OC(C1CC1)C1CC1)C(C)C. The van der Waals surface area contributed by atoms with Gasteiger partial charge in [0.2, 0.25) is 9.04 Å². The van der Waals surface area contributed by atoms with Crippen molar-refractivity contribution in [2.24, 2.45) is 17.8 Å². The molecule has 0 aliphatic heterocycles. The van der Waals surface area contributed by atoms with Gasteiger partial charge in [0.15, 0.2) is 0 Å². The van der Waals surface area contributed by atoms with Crippen molar-refractivity contribution in [1.29, 1.82) is 0 Å². The third kappa shape index (κ3) is 8.92. The van der Waals surface area contributed by atoms with Crippen molar-refractivity contribution in [2.75, 3.05) is 13.2 Å². The van der Waals surface area contributed by atoms with Crippen LogP contribution in [-0.4, -0.2) is 65.9 Å². The Morgan fingerprint density at radius 1 is 0.820 bits per heavy atom. The van der Waals surface area contributed by atoms with Gasteiger partial charge < -0.3 is 28.4 Å². The molecule has 2 aromatic rings. The smallest absolute Gasteiger partial charge is 0.407 e. The Kier molecular flexibility index (Phi) is 12.7. The number of alkyl carbamates (subject to hydrolysis) is 1. The number of ether oxygens (including phenoxy) is 2. The number of carbonyl (C=O) groups is 2.